The Kier molecular flexibility index (Phi) is 5.22. The number of fused-ring (bicyclic) bond motifs is 2. The van der Waals surface area contributed by atoms with Gasteiger partial charge in [-0.05, 0) is 62.2 Å². The lowest BCUT2D eigenvalue weighted by molar-refractivity contribution is -0.130. The second-order valence-corrected chi connectivity index (χ2v) is 8.34. The van der Waals surface area contributed by atoms with E-state index in [4.69, 9.17) is 16.3 Å². The Labute approximate surface area is 179 Å². The van der Waals surface area contributed by atoms with E-state index in [1.165, 1.54) is 0 Å². The number of amides is 2. The Morgan fingerprint density at radius 2 is 2.03 bits per heavy atom. The van der Waals surface area contributed by atoms with Crippen LogP contribution in [0.2, 0.25) is 5.02 Å². The predicted molar refractivity (Wildman–Crippen MR) is 115 cm³/mol. The van der Waals surface area contributed by atoms with E-state index in [1.807, 2.05) is 6.92 Å². The summed E-state index contributed by atoms with van der Waals surface area (Å²) in [5.74, 6) is -0.689. The van der Waals surface area contributed by atoms with Gasteiger partial charge in [-0.3, -0.25) is 14.9 Å². The standard InChI is InChI=1S/C22H24ClN3O4/c1-11-8-13(23)9-16-19(11)25-21(29)22(16)17(10-18(26-22)12(2)27)20(28)24-14-4-6-15(30-3)7-5-14/h4-9,12,17-18,26-27H,10H2,1-3H3,(H,24,28)(H,25,29)/t12-,17+,18+,22-/m0/s1. The number of nitrogens with one attached hydrogen (secondary N) is 3. The van der Waals surface area contributed by atoms with Crippen molar-refractivity contribution >= 4 is 34.8 Å². The first kappa shape index (κ1) is 20.7. The average Bonchev–Trinajstić information content (AvgIpc) is 3.24. The molecule has 0 unspecified atom stereocenters. The molecule has 1 spiro atoms. The van der Waals surface area contributed by atoms with Gasteiger partial charge in [0.15, 0.2) is 0 Å². The summed E-state index contributed by atoms with van der Waals surface area (Å²) in [5.41, 5.74) is 1.40. The van der Waals surface area contributed by atoms with Crippen LogP contribution in [-0.4, -0.2) is 36.2 Å². The van der Waals surface area contributed by atoms with Crippen LogP contribution in [0.5, 0.6) is 5.75 Å². The van der Waals surface area contributed by atoms with Gasteiger partial charge in [0, 0.05) is 28.0 Å². The summed E-state index contributed by atoms with van der Waals surface area (Å²) >= 11 is 6.29. The van der Waals surface area contributed by atoms with Crippen LogP contribution in [0.15, 0.2) is 36.4 Å². The van der Waals surface area contributed by atoms with E-state index in [9.17, 15) is 14.7 Å². The van der Waals surface area contributed by atoms with Gasteiger partial charge in [0.05, 0.1) is 19.1 Å². The lowest BCUT2D eigenvalue weighted by atomic mass is 9.79. The smallest absolute Gasteiger partial charge is 0.250 e. The Morgan fingerprint density at radius 3 is 2.67 bits per heavy atom. The molecule has 2 heterocycles. The molecule has 4 rings (SSSR count). The van der Waals surface area contributed by atoms with E-state index >= 15 is 0 Å². The summed E-state index contributed by atoms with van der Waals surface area (Å²) < 4.78 is 5.15. The van der Waals surface area contributed by atoms with Gasteiger partial charge in [-0.2, -0.15) is 0 Å². The van der Waals surface area contributed by atoms with E-state index in [2.05, 4.69) is 16.0 Å². The van der Waals surface area contributed by atoms with Gasteiger partial charge in [0.25, 0.3) is 0 Å². The fraction of sp³-hybridized carbons (Fsp3) is 0.364. The second kappa shape index (κ2) is 7.58. The highest BCUT2D eigenvalue weighted by molar-refractivity contribution is 6.31. The Bertz CT molecular complexity index is 1010. The molecular formula is C22H24ClN3O4. The van der Waals surface area contributed by atoms with Crippen LogP contribution in [0.1, 0.15) is 24.5 Å². The lowest BCUT2D eigenvalue weighted by Crippen LogP contribution is -2.53. The van der Waals surface area contributed by atoms with Crippen molar-refractivity contribution in [2.75, 3.05) is 17.7 Å². The molecule has 4 N–H and O–H groups in total. The van der Waals surface area contributed by atoms with Crippen molar-refractivity contribution in [1.29, 1.82) is 0 Å². The SMILES string of the molecule is COc1ccc(NC(=O)[C@H]2C[C@H]([C@H](C)O)N[C@]23C(=O)Nc2c(C)cc(Cl)cc23)cc1. The number of ether oxygens (including phenoxy) is 1. The molecule has 7 nitrogen and oxygen atoms in total. The van der Waals surface area contributed by atoms with Crippen molar-refractivity contribution < 1.29 is 19.4 Å². The highest BCUT2D eigenvalue weighted by atomic mass is 35.5. The molecule has 2 amide bonds. The van der Waals surface area contributed by atoms with E-state index in [1.54, 1.807) is 50.4 Å². The van der Waals surface area contributed by atoms with E-state index in [0.717, 1.165) is 5.56 Å². The first-order valence-electron chi connectivity index (χ1n) is 9.79. The zero-order chi connectivity index (χ0) is 21.6. The molecule has 1 fully saturated rings. The molecule has 2 aromatic carbocycles. The summed E-state index contributed by atoms with van der Waals surface area (Å²) in [6, 6.07) is 10.0. The average molecular weight is 430 g/mol. The molecule has 0 saturated carbocycles. The molecule has 8 heteroatoms. The normalized spacial score (nSPS) is 25.7. The monoisotopic (exact) mass is 429 g/mol. The molecule has 2 aliphatic rings. The molecule has 0 aromatic heterocycles. The number of halogens is 1. The summed E-state index contributed by atoms with van der Waals surface area (Å²) in [7, 11) is 1.57. The number of carbonyl (C=O) groups excluding carboxylic acids is 2. The maximum atomic E-state index is 13.3. The van der Waals surface area contributed by atoms with Gasteiger partial charge in [-0.1, -0.05) is 11.6 Å². The van der Waals surface area contributed by atoms with Gasteiger partial charge < -0.3 is 20.5 Å². The minimum Gasteiger partial charge on any atom is -0.497 e. The van der Waals surface area contributed by atoms with Crippen molar-refractivity contribution in [3.63, 3.8) is 0 Å². The van der Waals surface area contributed by atoms with Gasteiger partial charge >= 0.3 is 0 Å². The number of aliphatic hydroxyl groups is 1. The molecule has 2 aliphatic heterocycles. The highest BCUT2D eigenvalue weighted by Crippen LogP contribution is 2.49. The lowest BCUT2D eigenvalue weighted by Gasteiger charge is -2.29. The third-order valence-corrected chi connectivity index (χ3v) is 6.22. The number of carbonyl (C=O) groups is 2. The zero-order valence-electron chi connectivity index (χ0n) is 17.0. The van der Waals surface area contributed by atoms with Crippen molar-refractivity contribution in [1.82, 2.24) is 5.32 Å². The van der Waals surface area contributed by atoms with Gasteiger partial charge in [0.1, 0.15) is 11.3 Å². The van der Waals surface area contributed by atoms with Crippen molar-refractivity contribution in [2.45, 2.75) is 38.0 Å². The molecule has 158 valence electrons. The fourth-order valence-electron chi connectivity index (χ4n) is 4.45. The summed E-state index contributed by atoms with van der Waals surface area (Å²) in [4.78, 5) is 26.6. The van der Waals surface area contributed by atoms with Crippen LogP contribution in [0.25, 0.3) is 0 Å². The number of benzene rings is 2. The quantitative estimate of drug-likeness (QED) is 0.599. The maximum Gasteiger partial charge on any atom is 0.250 e. The van der Waals surface area contributed by atoms with Crippen molar-refractivity contribution in [3.8, 4) is 5.75 Å². The third-order valence-electron chi connectivity index (χ3n) is 6.00. The summed E-state index contributed by atoms with van der Waals surface area (Å²) in [5, 5.41) is 19.8. The Morgan fingerprint density at radius 1 is 1.33 bits per heavy atom. The first-order chi connectivity index (χ1) is 14.3. The topological polar surface area (TPSA) is 99.7 Å². The number of hydrogen-bond acceptors (Lipinski definition) is 5. The number of rotatable bonds is 4. The molecule has 0 aliphatic carbocycles. The van der Waals surface area contributed by atoms with Crippen LogP contribution in [0.4, 0.5) is 11.4 Å². The second-order valence-electron chi connectivity index (χ2n) is 7.90. The fourth-order valence-corrected chi connectivity index (χ4v) is 4.72. The minimum atomic E-state index is -1.30. The molecule has 30 heavy (non-hydrogen) atoms. The molecule has 4 atom stereocenters. The largest absolute Gasteiger partial charge is 0.497 e. The van der Waals surface area contributed by atoms with Gasteiger partial charge in [-0.25, -0.2) is 0 Å². The van der Waals surface area contributed by atoms with Crippen LogP contribution < -0.4 is 20.7 Å². The van der Waals surface area contributed by atoms with E-state index in [0.29, 0.717) is 34.1 Å². The van der Waals surface area contributed by atoms with Crippen LogP contribution in [0.3, 0.4) is 0 Å². The van der Waals surface area contributed by atoms with E-state index < -0.39 is 23.6 Å². The Balaban J connectivity index is 1.74. The Hall–Kier alpha value is -2.61. The molecule has 0 bridgehead atoms. The number of methoxy groups -OCH3 is 1. The first-order valence-corrected chi connectivity index (χ1v) is 10.2. The number of anilines is 2. The highest BCUT2D eigenvalue weighted by Gasteiger charge is 2.61. The van der Waals surface area contributed by atoms with Crippen LogP contribution in [-0.2, 0) is 15.1 Å². The number of aryl methyl sites for hydroxylation is 1. The molecule has 0 radical (unpaired) electrons. The predicted octanol–water partition coefficient (Wildman–Crippen LogP) is 2.80. The number of hydrogen-bond donors (Lipinski definition) is 4. The minimum absolute atomic E-state index is 0.304. The van der Waals surface area contributed by atoms with Gasteiger partial charge in [-0.15, -0.1) is 0 Å². The molecule has 2 aromatic rings. The molecular weight excluding hydrogens is 406 g/mol. The van der Waals surface area contributed by atoms with Crippen molar-refractivity contribution in [2.24, 2.45) is 5.92 Å². The van der Waals surface area contributed by atoms with E-state index in [-0.39, 0.29) is 11.8 Å². The van der Waals surface area contributed by atoms with Crippen LogP contribution in [0, 0.1) is 12.8 Å². The summed E-state index contributed by atoms with van der Waals surface area (Å²) in [6.07, 6.45) is -0.435. The van der Waals surface area contributed by atoms with Crippen molar-refractivity contribution in [3.05, 3.63) is 52.5 Å². The number of aliphatic hydroxyl groups excluding tert-OH is 1. The summed E-state index contributed by atoms with van der Waals surface area (Å²) in [6.45, 7) is 3.50. The molecule has 1 saturated heterocycles. The zero-order valence-corrected chi connectivity index (χ0v) is 17.7. The maximum absolute atomic E-state index is 13.3. The van der Waals surface area contributed by atoms with Gasteiger partial charge in [0.2, 0.25) is 11.8 Å². The van der Waals surface area contributed by atoms with Crippen LogP contribution >= 0.6 is 11.6 Å². The third kappa shape index (κ3) is 3.23.